The highest BCUT2D eigenvalue weighted by molar-refractivity contribution is 9.10. The Balaban J connectivity index is 2.04. The number of hydrogen-bond donors (Lipinski definition) is 0. The Hall–Kier alpha value is -2.01. The van der Waals surface area contributed by atoms with E-state index < -0.39 is 0 Å². The molecular weight excluding hydrogens is 336 g/mol. The Kier molecular flexibility index (Phi) is 5.22. The summed E-state index contributed by atoms with van der Waals surface area (Å²) in [6.45, 7) is 0.398. The third-order valence-electron chi connectivity index (χ3n) is 2.92. The third kappa shape index (κ3) is 3.98. The van der Waals surface area contributed by atoms with E-state index in [-0.39, 0.29) is 5.97 Å². The lowest BCUT2D eigenvalue weighted by atomic mass is 10.2. The van der Waals surface area contributed by atoms with E-state index in [1.54, 1.807) is 31.4 Å². The molecule has 5 heteroatoms. The first kappa shape index (κ1) is 15.4. The van der Waals surface area contributed by atoms with E-state index in [0.29, 0.717) is 17.9 Å². The molecule has 0 aromatic heterocycles. The number of hydrogen-bond acceptors (Lipinski definition) is 4. The first-order chi connectivity index (χ1) is 10.1. The number of carbonyl (C=O) groups is 1. The second kappa shape index (κ2) is 7.13. The molecule has 21 heavy (non-hydrogen) atoms. The molecular formula is C16H15BrO4. The highest BCUT2D eigenvalue weighted by atomic mass is 79.9. The Morgan fingerprint density at radius 1 is 1.05 bits per heavy atom. The summed E-state index contributed by atoms with van der Waals surface area (Å²) in [5.41, 5.74) is 1.47. The zero-order chi connectivity index (χ0) is 15.2. The van der Waals surface area contributed by atoms with Gasteiger partial charge in [0.1, 0.15) is 18.1 Å². The molecule has 0 heterocycles. The summed E-state index contributed by atoms with van der Waals surface area (Å²) in [7, 11) is 2.98. The number of benzene rings is 2. The standard InChI is InChI=1S/C16H15BrO4/c1-19-14-7-8-15(17)12(9-14)10-21-13-5-3-11(4-6-13)16(18)20-2/h3-9H,10H2,1-2H3. The third-order valence-corrected chi connectivity index (χ3v) is 3.70. The van der Waals surface area contributed by atoms with E-state index >= 15 is 0 Å². The fourth-order valence-corrected chi connectivity index (χ4v) is 2.12. The van der Waals surface area contributed by atoms with Gasteiger partial charge in [-0.1, -0.05) is 15.9 Å². The van der Waals surface area contributed by atoms with Gasteiger partial charge in [-0.05, 0) is 42.5 Å². The van der Waals surface area contributed by atoms with Crippen molar-refractivity contribution in [1.29, 1.82) is 0 Å². The molecule has 0 unspecified atom stereocenters. The molecule has 0 aliphatic carbocycles. The number of halogens is 1. The van der Waals surface area contributed by atoms with Crippen LogP contribution < -0.4 is 9.47 Å². The van der Waals surface area contributed by atoms with Crippen molar-refractivity contribution in [1.82, 2.24) is 0 Å². The van der Waals surface area contributed by atoms with Crippen LogP contribution in [0.25, 0.3) is 0 Å². The zero-order valence-corrected chi connectivity index (χ0v) is 13.3. The van der Waals surface area contributed by atoms with Gasteiger partial charge >= 0.3 is 5.97 Å². The molecule has 0 bridgehead atoms. The van der Waals surface area contributed by atoms with Crippen LogP contribution in [0.1, 0.15) is 15.9 Å². The summed E-state index contributed by atoms with van der Waals surface area (Å²) < 4.78 is 16.5. The molecule has 110 valence electrons. The maximum absolute atomic E-state index is 11.3. The van der Waals surface area contributed by atoms with E-state index in [2.05, 4.69) is 20.7 Å². The summed E-state index contributed by atoms with van der Waals surface area (Å²) in [5, 5.41) is 0. The molecule has 0 amide bonds. The van der Waals surface area contributed by atoms with Gasteiger partial charge in [0, 0.05) is 10.0 Å². The fraction of sp³-hybridized carbons (Fsp3) is 0.188. The molecule has 0 radical (unpaired) electrons. The topological polar surface area (TPSA) is 44.8 Å². The van der Waals surface area contributed by atoms with Crippen molar-refractivity contribution in [3.05, 3.63) is 58.1 Å². The second-order valence-corrected chi connectivity index (χ2v) is 5.12. The lowest BCUT2D eigenvalue weighted by Crippen LogP contribution is -2.01. The van der Waals surface area contributed by atoms with Crippen LogP contribution in [0.15, 0.2) is 46.9 Å². The van der Waals surface area contributed by atoms with E-state index in [9.17, 15) is 4.79 Å². The molecule has 2 aromatic carbocycles. The largest absolute Gasteiger partial charge is 0.497 e. The van der Waals surface area contributed by atoms with Crippen LogP contribution >= 0.6 is 15.9 Å². The van der Waals surface area contributed by atoms with Crippen molar-refractivity contribution < 1.29 is 19.0 Å². The molecule has 0 atom stereocenters. The highest BCUT2D eigenvalue weighted by Crippen LogP contribution is 2.24. The van der Waals surface area contributed by atoms with Crippen molar-refractivity contribution in [2.75, 3.05) is 14.2 Å². The van der Waals surface area contributed by atoms with Crippen LogP contribution in [0.2, 0.25) is 0 Å². The van der Waals surface area contributed by atoms with Gasteiger partial charge in [0.15, 0.2) is 0 Å². The first-order valence-corrected chi connectivity index (χ1v) is 7.07. The van der Waals surface area contributed by atoms with E-state index in [0.717, 1.165) is 15.8 Å². The van der Waals surface area contributed by atoms with E-state index in [1.165, 1.54) is 7.11 Å². The van der Waals surface area contributed by atoms with Crippen LogP contribution in [0.4, 0.5) is 0 Å². The van der Waals surface area contributed by atoms with Crippen LogP contribution in [0.3, 0.4) is 0 Å². The molecule has 0 fully saturated rings. The SMILES string of the molecule is COC(=O)c1ccc(OCc2cc(OC)ccc2Br)cc1. The molecule has 0 saturated carbocycles. The van der Waals surface area contributed by atoms with Gasteiger partial charge in [-0.3, -0.25) is 0 Å². The van der Waals surface area contributed by atoms with Gasteiger partial charge in [-0.15, -0.1) is 0 Å². The smallest absolute Gasteiger partial charge is 0.337 e. The maximum atomic E-state index is 11.3. The van der Waals surface area contributed by atoms with Gasteiger partial charge in [-0.2, -0.15) is 0 Å². The van der Waals surface area contributed by atoms with Crippen molar-refractivity contribution in [2.45, 2.75) is 6.61 Å². The van der Waals surface area contributed by atoms with Crippen LogP contribution in [-0.2, 0) is 11.3 Å². The highest BCUT2D eigenvalue weighted by Gasteiger charge is 2.06. The Bertz CT molecular complexity index is 623. The molecule has 0 spiro atoms. The molecule has 0 saturated heterocycles. The van der Waals surface area contributed by atoms with E-state index in [1.807, 2.05) is 18.2 Å². The minimum absolute atomic E-state index is 0.364. The zero-order valence-electron chi connectivity index (χ0n) is 11.8. The summed E-state index contributed by atoms with van der Waals surface area (Å²) in [4.78, 5) is 11.3. The first-order valence-electron chi connectivity index (χ1n) is 6.27. The molecule has 4 nitrogen and oxygen atoms in total. The maximum Gasteiger partial charge on any atom is 0.337 e. The Labute approximate surface area is 131 Å². The molecule has 0 aliphatic rings. The minimum Gasteiger partial charge on any atom is -0.497 e. The second-order valence-electron chi connectivity index (χ2n) is 4.26. The lowest BCUT2D eigenvalue weighted by molar-refractivity contribution is 0.0600. The average molecular weight is 351 g/mol. The predicted octanol–water partition coefficient (Wildman–Crippen LogP) is 3.82. The van der Waals surface area contributed by atoms with Crippen molar-refractivity contribution in [3.63, 3.8) is 0 Å². The molecule has 0 aliphatic heterocycles. The van der Waals surface area contributed by atoms with Crippen molar-refractivity contribution in [3.8, 4) is 11.5 Å². The molecule has 2 rings (SSSR count). The fourth-order valence-electron chi connectivity index (χ4n) is 1.75. The van der Waals surface area contributed by atoms with Crippen LogP contribution in [0.5, 0.6) is 11.5 Å². The van der Waals surface area contributed by atoms with Gasteiger partial charge < -0.3 is 14.2 Å². The summed E-state index contributed by atoms with van der Waals surface area (Å²) in [6, 6.07) is 12.5. The number of esters is 1. The quantitative estimate of drug-likeness (QED) is 0.769. The normalized spacial score (nSPS) is 10.0. The Morgan fingerprint density at radius 2 is 1.71 bits per heavy atom. The van der Waals surface area contributed by atoms with Crippen LogP contribution in [0, 0.1) is 0 Å². The minimum atomic E-state index is -0.364. The monoisotopic (exact) mass is 350 g/mol. The van der Waals surface area contributed by atoms with Crippen molar-refractivity contribution in [2.24, 2.45) is 0 Å². The summed E-state index contributed by atoms with van der Waals surface area (Å²) >= 11 is 3.48. The molecule has 2 aromatic rings. The summed E-state index contributed by atoms with van der Waals surface area (Å²) in [6.07, 6.45) is 0. The van der Waals surface area contributed by atoms with Gasteiger partial charge in [0.2, 0.25) is 0 Å². The summed E-state index contributed by atoms with van der Waals surface area (Å²) in [5.74, 6) is 1.09. The number of carbonyl (C=O) groups excluding carboxylic acids is 1. The van der Waals surface area contributed by atoms with E-state index in [4.69, 9.17) is 9.47 Å². The van der Waals surface area contributed by atoms with Gasteiger partial charge in [0.05, 0.1) is 19.8 Å². The predicted molar refractivity (Wildman–Crippen MR) is 82.8 cm³/mol. The van der Waals surface area contributed by atoms with Gasteiger partial charge in [0.25, 0.3) is 0 Å². The number of methoxy groups -OCH3 is 2. The van der Waals surface area contributed by atoms with Gasteiger partial charge in [-0.25, -0.2) is 4.79 Å². The average Bonchev–Trinajstić information content (AvgIpc) is 2.54. The lowest BCUT2D eigenvalue weighted by Gasteiger charge is -2.10. The Morgan fingerprint density at radius 3 is 2.33 bits per heavy atom. The van der Waals surface area contributed by atoms with Crippen LogP contribution in [-0.4, -0.2) is 20.2 Å². The van der Waals surface area contributed by atoms with Crippen molar-refractivity contribution >= 4 is 21.9 Å². The number of ether oxygens (including phenoxy) is 3. The number of rotatable bonds is 5. The molecule has 0 N–H and O–H groups in total.